The molecule has 5 heteroatoms. The van der Waals surface area contributed by atoms with E-state index in [1.165, 1.54) is 0 Å². The Balaban J connectivity index is 2.57. The van der Waals surface area contributed by atoms with Crippen molar-refractivity contribution in [3.8, 4) is 0 Å². The number of hydrogen-bond acceptors (Lipinski definition) is 4. The van der Waals surface area contributed by atoms with Crippen LogP contribution in [0.2, 0.25) is 0 Å². The highest BCUT2D eigenvalue weighted by atomic mass is 16.5. The van der Waals surface area contributed by atoms with Crippen LogP contribution in [0.1, 0.15) is 39.5 Å². The lowest BCUT2D eigenvalue weighted by Crippen LogP contribution is -2.38. The van der Waals surface area contributed by atoms with Gasteiger partial charge in [0.2, 0.25) is 5.91 Å². The van der Waals surface area contributed by atoms with E-state index < -0.39 is 6.10 Å². The van der Waals surface area contributed by atoms with Crippen LogP contribution < -0.4 is 5.32 Å². The van der Waals surface area contributed by atoms with Gasteiger partial charge in [0.15, 0.2) is 0 Å². The minimum absolute atomic E-state index is 0.165. The summed E-state index contributed by atoms with van der Waals surface area (Å²) in [6, 6.07) is 3.33. The predicted octanol–water partition coefficient (Wildman–Crippen LogP) is 2.53. The maximum Gasteiger partial charge on any atom is 0.249 e. The molecule has 5 nitrogen and oxygen atoms in total. The number of carbonyl (C=O) groups is 1. The smallest absolute Gasteiger partial charge is 0.249 e. The van der Waals surface area contributed by atoms with Crippen LogP contribution >= 0.6 is 0 Å². The zero-order chi connectivity index (χ0) is 15.0. The van der Waals surface area contributed by atoms with E-state index in [0.717, 1.165) is 0 Å². The molecule has 114 valence electrons. The lowest BCUT2D eigenvalue weighted by atomic mass is 10.2. The Morgan fingerprint density at radius 1 is 1.35 bits per heavy atom. The molecule has 0 aliphatic rings. The second kappa shape index (κ2) is 8.76. The van der Waals surface area contributed by atoms with Crippen molar-refractivity contribution in [2.75, 3.05) is 19.8 Å². The molecule has 0 fully saturated rings. The molecule has 0 bridgehead atoms. The minimum atomic E-state index is -0.484. The van der Waals surface area contributed by atoms with Crippen LogP contribution in [0.5, 0.6) is 0 Å². The van der Waals surface area contributed by atoms with Crippen LogP contribution in [-0.2, 0) is 14.3 Å². The number of furan rings is 1. The van der Waals surface area contributed by atoms with Crippen molar-refractivity contribution in [3.05, 3.63) is 24.2 Å². The van der Waals surface area contributed by atoms with Gasteiger partial charge in [-0.3, -0.25) is 4.79 Å². The third kappa shape index (κ3) is 5.75. The van der Waals surface area contributed by atoms with Crippen LogP contribution in [0.4, 0.5) is 0 Å². The van der Waals surface area contributed by atoms with Crippen LogP contribution in [0.15, 0.2) is 22.8 Å². The maximum atomic E-state index is 12.0. The van der Waals surface area contributed by atoms with Crippen LogP contribution in [0, 0.1) is 5.92 Å². The van der Waals surface area contributed by atoms with Crippen molar-refractivity contribution in [2.45, 2.75) is 39.8 Å². The molecule has 0 saturated heterocycles. The first-order valence-electron chi connectivity index (χ1n) is 7.07. The van der Waals surface area contributed by atoms with E-state index in [1.54, 1.807) is 19.3 Å². The molecular weight excluding hydrogens is 258 g/mol. The molecule has 1 aromatic heterocycles. The molecule has 0 radical (unpaired) electrons. The molecule has 1 N–H and O–H groups in total. The number of rotatable bonds is 9. The lowest BCUT2D eigenvalue weighted by Gasteiger charge is -2.20. The molecule has 20 heavy (non-hydrogen) atoms. The zero-order valence-electron chi connectivity index (χ0n) is 12.7. The lowest BCUT2D eigenvalue weighted by molar-refractivity contribution is -0.132. The fourth-order valence-electron chi connectivity index (χ4n) is 1.72. The van der Waals surface area contributed by atoms with Crippen LogP contribution in [0.25, 0.3) is 0 Å². The number of ether oxygens (including phenoxy) is 2. The molecule has 0 spiro atoms. The molecule has 0 saturated carbocycles. The highest BCUT2D eigenvalue weighted by Gasteiger charge is 2.21. The predicted molar refractivity (Wildman–Crippen MR) is 76.3 cm³/mol. The Morgan fingerprint density at radius 2 is 2.10 bits per heavy atom. The summed E-state index contributed by atoms with van der Waals surface area (Å²) in [5.41, 5.74) is 0. The normalized spacial score (nSPS) is 14.2. The van der Waals surface area contributed by atoms with E-state index in [2.05, 4.69) is 19.2 Å². The SMILES string of the molecule is CCO[C@@H](C)C(=O)N[C@@H](COCC(C)C)c1ccco1. The molecule has 0 aliphatic carbocycles. The van der Waals surface area contributed by atoms with Gasteiger partial charge in [-0.1, -0.05) is 13.8 Å². The van der Waals surface area contributed by atoms with Gasteiger partial charge >= 0.3 is 0 Å². The van der Waals surface area contributed by atoms with Crippen molar-refractivity contribution >= 4 is 5.91 Å². The first-order chi connectivity index (χ1) is 9.54. The summed E-state index contributed by atoms with van der Waals surface area (Å²) in [5, 5.41) is 2.90. The maximum absolute atomic E-state index is 12.0. The molecule has 1 aromatic rings. The summed E-state index contributed by atoms with van der Waals surface area (Å²) in [6.45, 7) is 9.29. The average molecular weight is 283 g/mol. The monoisotopic (exact) mass is 283 g/mol. The summed E-state index contributed by atoms with van der Waals surface area (Å²) >= 11 is 0. The molecule has 1 rings (SSSR count). The molecule has 0 aromatic carbocycles. The quantitative estimate of drug-likeness (QED) is 0.756. The third-order valence-corrected chi connectivity index (χ3v) is 2.72. The van der Waals surface area contributed by atoms with E-state index in [1.807, 2.05) is 13.0 Å². The second-order valence-corrected chi connectivity index (χ2v) is 5.11. The van der Waals surface area contributed by atoms with Crippen molar-refractivity contribution in [2.24, 2.45) is 5.92 Å². The Labute approximate surface area is 120 Å². The molecule has 0 unspecified atom stereocenters. The van der Waals surface area contributed by atoms with E-state index in [9.17, 15) is 4.79 Å². The average Bonchev–Trinajstić information content (AvgIpc) is 2.91. The summed E-state index contributed by atoms with van der Waals surface area (Å²) < 4.78 is 16.2. The first-order valence-corrected chi connectivity index (χ1v) is 7.07. The molecule has 1 amide bonds. The highest BCUT2D eigenvalue weighted by molar-refractivity contribution is 5.80. The third-order valence-electron chi connectivity index (χ3n) is 2.72. The molecule has 1 heterocycles. The zero-order valence-corrected chi connectivity index (χ0v) is 12.7. The van der Waals surface area contributed by atoms with E-state index >= 15 is 0 Å². The van der Waals surface area contributed by atoms with Gasteiger partial charge in [0.25, 0.3) is 0 Å². The Kier molecular flexibility index (Phi) is 7.33. The number of nitrogens with one attached hydrogen (secondary N) is 1. The van der Waals surface area contributed by atoms with Crippen molar-refractivity contribution in [1.29, 1.82) is 0 Å². The topological polar surface area (TPSA) is 60.7 Å². The van der Waals surface area contributed by atoms with Gasteiger partial charge in [-0.15, -0.1) is 0 Å². The second-order valence-electron chi connectivity index (χ2n) is 5.11. The van der Waals surface area contributed by atoms with Gasteiger partial charge in [-0.25, -0.2) is 0 Å². The highest BCUT2D eigenvalue weighted by Crippen LogP contribution is 2.15. The molecule has 0 aliphatic heterocycles. The van der Waals surface area contributed by atoms with Gasteiger partial charge in [0.05, 0.1) is 12.9 Å². The fraction of sp³-hybridized carbons (Fsp3) is 0.667. The van der Waals surface area contributed by atoms with Gasteiger partial charge in [-0.05, 0) is 31.9 Å². The van der Waals surface area contributed by atoms with Crippen LogP contribution in [0.3, 0.4) is 0 Å². The van der Waals surface area contributed by atoms with Gasteiger partial charge in [0.1, 0.15) is 17.9 Å². The minimum Gasteiger partial charge on any atom is -0.467 e. The van der Waals surface area contributed by atoms with Crippen molar-refractivity contribution < 1.29 is 18.7 Å². The molecule has 2 atom stereocenters. The summed E-state index contributed by atoms with van der Waals surface area (Å²) in [4.78, 5) is 12.0. The van der Waals surface area contributed by atoms with Gasteiger partial charge < -0.3 is 19.2 Å². The van der Waals surface area contributed by atoms with Crippen LogP contribution in [-0.4, -0.2) is 31.8 Å². The van der Waals surface area contributed by atoms with Gasteiger partial charge in [-0.2, -0.15) is 0 Å². The summed E-state index contributed by atoms with van der Waals surface area (Å²) in [6.07, 6.45) is 1.10. The molecular formula is C15H25NO4. The van der Waals surface area contributed by atoms with E-state index in [-0.39, 0.29) is 11.9 Å². The Bertz CT molecular complexity index is 375. The summed E-state index contributed by atoms with van der Waals surface area (Å²) in [5.74, 6) is 0.970. The Hall–Kier alpha value is -1.33. The first kappa shape index (κ1) is 16.7. The van der Waals surface area contributed by atoms with Crippen molar-refractivity contribution in [3.63, 3.8) is 0 Å². The number of amides is 1. The largest absolute Gasteiger partial charge is 0.467 e. The standard InChI is InChI=1S/C15H25NO4/c1-5-19-12(4)15(17)16-13(10-18-9-11(2)3)14-7-6-8-20-14/h6-8,11-13H,5,9-10H2,1-4H3,(H,16,17)/t12-,13-/m0/s1. The van der Waals surface area contributed by atoms with Gasteiger partial charge in [0, 0.05) is 13.2 Å². The van der Waals surface area contributed by atoms with E-state index in [4.69, 9.17) is 13.9 Å². The van der Waals surface area contributed by atoms with Crippen molar-refractivity contribution in [1.82, 2.24) is 5.32 Å². The van der Waals surface area contributed by atoms with E-state index in [0.29, 0.717) is 31.5 Å². The fourth-order valence-corrected chi connectivity index (χ4v) is 1.72. The Morgan fingerprint density at radius 3 is 2.65 bits per heavy atom. The number of carbonyl (C=O) groups excluding carboxylic acids is 1. The summed E-state index contributed by atoms with van der Waals surface area (Å²) in [7, 11) is 0. The number of hydrogen-bond donors (Lipinski definition) is 1.